The van der Waals surface area contributed by atoms with Gasteiger partial charge in [0.25, 0.3) is 0 Å². The first kappa shape index (κ1) is 16.9. The topological polar surface area (TPSA) is 49.9 Å². The second-order valence-corrected chi connectivity index (χ2v) is 7.91. The van der Waals surface area contributed by atoms with Crippen LogP contribution in [0.1, 0.15) is 44.1 Å². The summed E-state index contributed by atoms with van der Waals surface area (Å²) >= 11 is 5.98. The summed E-state index contributed by atoms with van der Waals surface area (Å²) in [6.45, 7) is 1.36. The molecule has 1 aromatic carbocycles. The quantitative estimate of drug-likeness (QED) is 0.830. The average molecular weight is 363 g/mol. The molecule has 2 aliphatic heterocycles. The lowest BCUT2D eigenvalue weighted by Gasteiger charge is -2.44. The van der Waals surface area contributed by atoms with Gasteiger partial charge in [-0.05, 0) is 49.8 Å². The molecule has 25 heavy (non-hydrogen) atoms. The highest BCUT2D eigenvalue weighted by Crippen LogP contribution is 2.50. The zero-order valence-corrected chi connectivity index (χ0v) is 15.2. The van der Waals surface area contributed by atoms with Crippen LogP contribution in [0.15, 0.2) is 24.3 Å². The minimum absolute atomic E-state index is 0.0575. The number of hydroxylamine groups is 2. The van der Waals surface area contributed by atoms with E-state index < -0.39 is 0 Å². The third-order valence-electron chi connectivity index (χ3n) is 6.18. The summed E-state index contributed by atoms with van der Waals surface area (Å²) in [5, 5.41) is 2.25. The van der Waals surface area contributed by atoms with E-state index in [0.717, 1.165) is 37.7 Å². The highest BCUT2D eigenvalue weighted by atomic mass is 35.5. The normalized spacial score (nSPS) is 24.0. The molecule has 0 aromatic heterocycles. The lowest BCUT2D eigenvalue weighted by atomic mass is 9.84. The summed E-state index contributed by atoms with van der Waals surface area (Å²) in [4.78, 5) is 32.5. The molecule has 0 bridgehead atoms. The molecule has 0 atom stereocenters. The van der Waals surface area contributed by atoms with Gasteiger partial charge in [0, 0.05) is 24.5 Å². The zero-order chi connectivity index (χ0) is 17.7. The molecule has 2 saturated heterocycles. The smallest absolute Gasteiger partial charge is 0.246 e. The summed E-state index contributed by atoms with van der Waals surface area (Å²) in [5.74, 6) is 0.278. The van der Waals surface area contributed by atoms with Crippen molar-refractivity contribution >= 4 is 23.4 Å². The summed E-state index contributed by atoms with van der Waals surface area (Å²) in [7, 11) is 1.56. The summed E-state index contributed by atoms with van der Waals surface area (Å²) in [6.07, 6.45) is 4.74. The average Bonchev–Trinajstić information content (AvgIpc) is 3.37. The molecule has 3 aliphatic rings. The van der Waals surface area contributed by atoms with E-state index in [9.17, 15) is 9.59 Å². The van der Waals surface area contributed by atoms with Crippen molar-refractivity contribution in [1.82, 2.24) is 9.96 Å². The van der Waals surface area contributed by atoms with Crippen LogP contribution in [-0.2, 0) is 19.8 Å². The number of halogens is 1. The van der Waals surface area contributed by atoms with E-state index in [1.807, 2.05) is 29.2 Å². The van der Waals surface area contributed by atoms with E-state index in [1.165, 1.54) is 0 Å². The molecule has 1 spiro atoms. The van der Waals surface area contributed by atoms with E-state index in [4.69, 9.17) is 16.4 Å². The maximum atomic E-state index is 13.2. The highest BCUT2D eigenvalue weighted by Gasteiger charge is 2.55. The lowest BCUT2D eigenvalue weighted by molar-refractivity contribution is -0.202. The van der Waals surface area contributed by atoms with Crippen LogP contribution < -0.4 is 0 Å². The van der Waals surface area contributed by atoms with Crippen molar-refractivity contribution in [2.75, 3.05) is 20.2 Å². The molecule has 1 saturated carbocycles. The largest absolute Gasteiger partial charge is 0.342 e. The zero-order valence-electron chi connectivity index (χ0n) is 14.5. The van der Waals surface area contributed by atoms with Gasteiger partial charge in [0.05, 0.1) is 18.1 Å². The van der Waals surface area contributed by atoms with Gasteiger partial charge in [-0.2, -0.15) is 0 Å². The van der Waals surface area contributed by atoms with Gasteiger partial charge < -0.3 is 4.90 Å². The maximum Gasteiger partial charge on any atom is 0.246 e. The second-order valence-electron chi connectivity index (χ2n) is 7.48. The standard InChI is InChI=1S/C19H23ClN2O3/c1-25-22-16(23)6-7-18(22)10-12-21(13-11-18)17(24)19(8-9-19)14-2-4-15(20)5-3-14/h2-5H,6-13H2,1H3. The highest BCUT2D eigenvalue weighted by molar-refractivity contribution is 6.30. The molecule has 3 fully saturated rings. The van der Waals surface area contributed by atoms with Crippen molar-refractivity contribution in [3.63, 3.8) is 0 Å². The Morgan fingerprint density at radius 1 is 1.08 bits per heavy atom. The fraction of sp³-hybridized carbons (Fsp3) is 0.579. The number of rotatable bonds is 3. The molecule has 6 heteroatoms. The molecule has 0 unspecified atom stereocenters. The fourth-order valence-electron chi connectivity index (χ4n) is 4.50. The van der Waals surface area contributed by atoms with Gasteiger partial charge in [0.2, 0.25) is 11.8 Å². The Kier molecular flexibility index (Phi) is 4.04. The number of carbonyl (C=O) groups excluding carboxylic acids is 2. The minimum Gasteiger partial charge on any atom is -0.342 e. The van der Waals surface area contributed by atoms with Crippen LogP contribution in [0.2, 0.25) is 5.02 Å². The van der Waals surface area contributed by atoms with Crippen molar-refractivity contribution in [3.05, 3.63) is 34.9 Å². The van der Waals surface area contributed by atoms with Crippen LogP contribution in [0.3, 0.4) is 0 Å². The van der Waals surface area contributed by atoms with E-state index >= 15 is 0 Å². The van der Waals surface area contributed by atoms with Crippen LogP contribution in [-0.4, -0.2) is 47.5 Å². The van der Waals surface area contributed by atoms with Gasteiger partial charge in [-0.25, -0.2) is 5.06 Å². The van der Waals surface area contributed by atoms with Crippen LogP contribution in [0.5, 0.6) is 0 Å². The van der Waals surface area contributed by atoms with E-state index in [1.54, 1.807) is 12.2 Å². The number of nitrogens with zero attached hydrogens (tertiary/aromatic N) is 2. The molecule has 0 radical (unpaired) electrons. The molecule has 5 nitrogen and oxygen atoms in total. The third kappa shape index (κ3) is 2.64. The predicted octanol–water partition coefficient (Wildman–Crippen LogP) is 2.92. The van der Waals surface area contributed by atoms with E-state index in [0.29, 0.717) is 24.5 Å². The minimum atomic E-state index is -0.360. The van der Waals surface area contributed by atoms with Gasteiger partial charge in [-0.1, -0.05) is 23.7 Å². The summed E-state index contributed by atoms with van der Waals surface area (Å²) in [5.41, 5.74) is 0.484. The van der Waals surface area contributed by atoms with Crippen molar-refractivity contribution in [3.8, 4) is 0 Å². The van der Waals surface area contributed by atoms with Gasteiger partial charge in [-0.3, -0.25) is 14.4 Å². The predicted molar refractivity (Wildman–Crippen MR) is 94.0 cm³/mol. The first-order valence-electron chi connectivity index (χ1n) is 8.93. The van der Waals surface area contributed by atoms with Gasteiger partial charge in [0.15, 0.2) is 0 Å². The molecular weight excluding hydrogens is 340 g/mol. The van der Waals surface area contributed by atoms with Gasteiger partial charge in [0.1, 0.15) is 0 Å². The monoisotopic (exact) mass is 362 g/mol. The Balaban J connectivity index is 1.47. The molecule has 2 amide bonds. The van der Waals surface area contributed by atoms with Crippen molar-refractivity contribution < 1.29 is 14.4 Å². The number of hydrogen-bond donors (Lipinski definition) is 0. The molecule has 134 valence electrons. The van der Waals surface area contributed by atoms with Crippen LogP contribution in [0.4, 0.5) is 0 Å². The lowest BCUT2D eigenvalue weighted by Crippen LogP contribution is -2.55. The summed E-state index contributed by atoms with van der Waals surface area (Å²) < 4.78 is 0. The Morgan fingerprint density at radius 3 is 2.28 bits per heavy atom. The molecule has 2 heterocycles. The van der Waals surface area contributed by atoms with E-state index in [2.05, 4.69) is 0 Å². The number of likely N-dealkylation sites (tertiary alicyclic amines) is 1. The molecular formula is C19H23ClN2O3. The third-order valence-corrected chi connectivity index (χ3v) is 6.43. The van der Waals surface area contributed by atoms with Crippen molar-refractivity contribution in [2.45, 2.75) is 49.5 Å². The second kappa shape index (κ2) is 5.99. The van der Waals surface area contributed by atoms with Gasteiger partial charge >= 0.3 is 0 Å². The molecule has 4 rings (SSSR count). The Morgan fingerprint density at radius 2 is 1.72 bits per heavy atom. The number of carbonyl (C=O) groups is 2. The van der Waals surface area contributed by atoms with Crippen molar-refractivity contribution in [1.29, 1.82) is 0 Å². The molecule has 1 aromatic rings. The van der Waals surface area contributed by atoms with Gasteiger partial charge in [-0.15, -0.1) is 0 Å². The maximum absolute atomic E-state index is 13.2. The number of hydrogen-bond acceptors (Lipinski definition) is 3. The Hall–Kier alpha value is -1.59. The number of piperidine rings is 1. The first-order valence-corrected chi connectivity index (χ1v) is 9.31. The Bertz CT molecular complexity index is 691. The fourth-order valence-corrected chi connectivity index (χ4v) is 4.63. The van der Waals surface area contributed by atoms with Crippen LogP contribution >= 0.6 is 11.6 Å². The first-order chi connectivity index (χ1) is 12.0. The number of benzene rings is 1. The van der Waals surface area contributed by atoms with E-state index in [-0.39, 0.29) is 22.8 Å². The van der Waals surface area contributed by atoms with Crippen LogP contribution in [0.25, 0.3) is 0 Å². The van der Waals surface area contributed by atoms with Crippen molar-refractivity contribution in [2.24, 2.45) is 0 Å². The SMILES string of the molecule is CON1C(=O)CCC12CCN(C(=O)C1(c3ccc(Cl)cc3)CC1)CC2. The summed E-state index contributed by atoms with van der Waals surface area (Å²) in [6, 6.07) is 7.66. The Labute approximate surface area is 152 Å². The molecule has 1 aliphatic carbocycles. The molecule has 0 N–H and O–H groups in total. The number of amides is 2. The van der Waals surface area contributed by atoms with Crippen LogP contribution in [0, 0.1) is 0 Å².